The maximum Gasteiger partial charge on any atom is 0.364 e. The van der Waals surface area contributed by atoms with Gasteiger partial charge in [0.15, 0.2) is 6.04 Å². The monoisotopic (exact) mass is 186 g/mol. The molecule has 0 heterocycles. The molecule has 0 aromatic rings. The molecule has 0 spiro atoms. The van der Waals surface area contributed by atoms with Gasteiger partial charge in [-0.05, 0) is 25.7 Å². The van der Waals surface area contributed by atoms with Crippen LogP contribution in [0.25, 0.3) is 0 Å². The van der Waals surface area contributed by atoms with Crippen molar-refractivity contribution in [2.24, 2.45) is 5.92 Å². The summed E-state index contributed by atoms with van der Waals surface area (Å²) in [6.07, 6.45) is 6.37. The molecule has 1 fully saturated rings. The lowest BCUT2D eigenvalue weighted by Gasteiger charge is -2.21. The van der Waals surface area contributed by atoms with Crippen LogP contribution in [0.1, 0.15) is 39.0 Å². The van der Waals surface area contributed by atoms with E-state index in [2.05, 4.69) is 5.73 Å². The Kier molecular flexibility index (Phi) is 4.22. The van der Waals surface area contributed by atoms with Crippen molar-refractivity contribution in [3.63, 3.8) is 0 Å². The molecule has 3 heteroatoms. The van der Waals surface area contributed by atoms with Crippen LogP contribution in [-0.4, -0.2) is 18.6 Å². The zero-order chi connectivity index (χ0) is 9.68. The Morgan fingerprint density at radius 1 is 1.46 bits per heavy atom. The second kappa shape index (κ2) is 5.22. The Hall–Kier alpha value is -0.570. The highest BCUT2D eigenvalue weighted by atomic mass is 16.5. The minimum absolute atomic E-state index is 0.162. The summed E-state index contributed by atoms with van der Waals surface area (Å²) < 4.78 is 5.14. The van der Waals surface area contributed by atoms with E-state index in [9.17, 15) is 4.79 Å². The molecular weight excluding hydrogens is 166 g/mol. The van der Waals surface area contributed by atoms with Crippen LogP contribution in [0.2, 0.25) is 0 Å². The molecule has 3 N–H and O–H groups in total. The summed E-state index contributed by atoms with van der Waals surface area (Å²) in [5, 5.41) is 0. The predicted molar refractivity (Wildman–Crippen MR) is 49.9 cm³/mol. The maximum atomic E-state index is 11.1. The van der Waals surface area contributed by atoms with Crippen molar-refractivity contribution < 1.29 is 15.3 Å². The highest BCUT2D eigenvalue weighted by Crippen LogP contribution is 2.23. The quantitative estimate of drug-likeness (QED) is 0.661. The van der Waals surface area contributed by atoms with Crippen molar-refractivity contribution in [2.45, 2.75) is 45.1 Å². The third kappa shape index (κ3) is 3.77. The van der Waals surface area contributed by atoms with E-state index in [4.69, 9.17) is 4.74 Å². The molecule has 0 saturated heterocycles. The van der Waals surface area contributed by atoms with Crippen LogP contribution < -0.4 is 5.73 Å². The number of quaternary nitrogens is 1. The molecule has 76 valence electrons. The van der Waals surface area contributed by atoms with Gasteiger partial charge < -0.3 is 10.5 Å². The van der Waals surface area contributed by atoms with Gasteiger partial charge in [0.1, 0.15) is 0 Å². The zero-order valence-electron chi connectivity index (χ0n) is 8.42. The molecular formula is C10H20NO2+. The van der Waals surface area contributed by atoms with Gasteiger partial charge in [-0.25, -0.2) is 4.79 Å². The summed E-state index contributed by atoms with van der Waals surface area (Å²) in [5.74, 6) is 0.446. The molecule has 0 radical (unpaired) electrons. The second-order valence-electron chi connectivity index (χ2n) is 4.04. The molecule has 0 amide bonds. The molecule has 0 bridgehead atoms. The van der Waals surface area contributed by atoms with Gasteiger partial charge in [-0.1, -0.05) is 19.3 Å². The van der Waals surface area contributed by atoms with Crippen molar-refractivity contribution >= 4 is 5.97 Å². The number of rotatable bonds is 3. The molecule has 1 aliphatic rings. The van der Waals surface area contributed by atoms with E-state index in [1.807, 2.05) is 0 Å². The van der Waals surface area contributed by atoms with E-state index in [1.165, 1.54) is 32.1 Å². The fourth-order valence-corrected chi connectivity index (χ4v) is 1.70. The number of hydrogen-bond acceptors (Lipinski definition) is 2. The molecule has 0 unspecified atom stereocenters. The highest BCUT2D eigenvalue weighted by Gasteiger charge is 2.18. The Bertz CT molecular complexity index is 162. The molecule has 1 rings (SSSR count). The van der Waals surface area contributed by atoms with Crippen LogP contribution >= 0.6 is 0 Å². The standard InChI is InChI=1S/C10H19NO2/c1-8(11)10(12)13-7-9-5-3-2-4-6-9/h8-9H,2-7,11H2,1H3/p+1/t8-/m0/s1. The predicted octanol–water partition coefficient (Wildman–Crippen LogP) is 0.740. The number of carbonyl (C=O) groups excluding carboxylic acids is 1. The van der Waals surface area contributed by atoms with Crippen molar-refractivity contribution in [2.75, 3.05) is 6.61 Å². The SMILES string of the molecule is C[C@H]([NH3+])C(=O)OCC1CCCCC1. The molecule has 0 aliphatic heterocycles. The van der Waals surface area contributed by atoms with E-state index in [0.717, 1.165) is 0 Å². The smallest absolute Gasteiger partial charge is 0.364 e. The Morgan fingerprint density at radius 3 is 2.62 bits per heavy atom. The Balaban J connectivity index is 2.13. The summed E-state index contributed by atoms with van der Waals surface area (Å²) in [4.78, 5) is 11.1. The summed E-state index contributed by atoms with van der Waals surface area (Å²) in [6, 6.07) is -0.233. The van der Waals surface area contributed by atoms with Gasteiger partial charge >= 0.3 is 5.97 Å². The van der Waals surface area contributed by atoms with Gasteiger partial charge in [0.2, 0.25) is 0 Å². The van der Waals surface area contributed by atoms with Crippen LogP contribution in [0.15, 0.2) is 0 Å². The summed E-state index contributed by atoms with van der Waals surface area (Å²) in [6.45, 7) is 2.38. The van der Waals surface area contributed by atoms with Crippen LogP contribution in [0.4, 0.5) is 0 Å². The highest BCUT2D eigenvalue weighted by molar-refractivity contribution is 5.73. The van der Waals surface area contributed by atoms with Gasteiger partial charge in [0, 0.05) is 0 Å². The molecule has 1 atom stereocenters. The lowest BCUT2D eigenvalue weighted by molar-refractivity contribution is -0.403. The third-order valence-electron chi connectivity index (χ3n) is 2.59. The van der Waals surface area contributed by atoms with Gasteiger partial charge in [-0.2, -0.15) is 0 Å². The molecule has 13 heavy (non-hydrogen) atoms. The third-order valence-corrected chi connectivity index (χ3v) is 2.59. The van der Waals surface area contributed by atoms with Crippen LogP contribution in [-0.2, 0) is 9.53 Å². The topological polar surface area (TPSA) is 53.9 Å². The normalized spacial score (nSPS) is 21.1. The van der Waals surface area contributed by atoms with E-state index in [-0.39, 0.29) is 12.0 Å². The van der Waals surface area contributed by atoms with Crippen molar-refractivity contribution in [1.29, 1.82) is 0 Å². The van der Waals surface area contributed by atoms with Crippen molar-refractivity contribution in [3.05, 3.63) is 0 Å². The van der Waals surface area contributed by atoms with Gasteiger partial charge in [0.25, 0.3) is 0 Å². The lowest BCUT2D eigenvalue weighted by Crippen LogP contribution is -2.63. The minimum Gasteiger partial charge on any atom is -0.461 e. The van der Waals surface area contributed by atoms with Crippen LogP contribution in [0.3, 0.4) is 0 Å². The summed E-state index contributed by atoms with van der Waals surface area (Å²) in [5.41, 5.74) is 3.63. The maximum absolute atomic E-state index is 11.1. The molecule has 0 aromatic carbocycles. The van der Waals surface area contributed by atoms with E-state index >= 15 is 0 Å². The number of hydrogen-bond donors (Lipinski definition) is 1. The van der Waals surface area contributed by atoms with E-state index in [1.54, 1.807) is 6.92 Å². The van der Waals surface area contributed by atoms with Gasteiger partial charge in [0.05, 0.1) is 6.61 Å². The lowest BCUT2D eigenvalue weighted by atomic mass is 9.90. The summed E-state index contributed by atoms with van der Waals surface area (Å²) >= 11 is 0. The summed E-state index contributed by atoms with van der Waals surface area (Å²) in [7, 11) is 0. The second-order valence-corrected chi connectivity index (χ2v) is 4.04. The molecule has 1 saturated carbocycles. The first-order chi connectivity index (χ1) is 6.20. The Morgan fingerprint density at radius 2 is 2.08 bits per heavy atom. The number of carbonyl (C=O) groups is 1. The van der Waals surface area contributed by atoms with Crippen molar-refractivity contribution in [3.8, 4) is 0 Å². The van der Waals surface area contributed by atoms with Crippen LogP contribution in [0.5, 0.6) is 0 Å². The first-order valence-electron chi connectivity index (χ1n) is 5.20. The number of esters is 1. The van der Waals surface area contributed by atoms with Crippen molar-refractivity contribution in [1.82, 2.24) is 0 Å². The first-order valence-corrected chi connectivity index (χ1v) is 5.20. The van der Waals surface area contributed by atoms with Crippen LogP contribution in [0, 0.1) is 5.92 Å². The molecule has 0 aromatic heterocycles. The zero-order valence-corrected chi connectivity index (χ0v) is 8.42. The molecule has 3 nitrogen and oxygen atoms in total. The average Bonchev–Trinajstić information content (AvgIpc) is 2.15. The largest absolute Gasteiger partial charge is 0.461 e. The van der Waals surface area contributed by atoms with E-state index in [0.29, 0.717) is 12.5 Å². The first kappa shape index (κ1) is 10.5. The number of ether oxygens (including phenoxy) is 1. The fourth-order valence-electron chi connectivity index (χ4n) is 1.70. The van der Waals surface area contributed by atoms with Gasteiger partial charge in [-0.3, -0.25) is 0 Å². The average molecular weight is 186 g/mol. The Labute approximate surface area is 79.6 Å². The minimum atomic E-state index is -0.233. The fraction of sp³-hybridized carbons (Fsp3) is 0.900. The van der Waals surface area contributed by atoms with Gasteiger partial charge in [-0.15, -0.1) is 0 Å². The van der Waals surface area contributed by atoms with E-state index < -0.39 is 0 Å². The molecule has 1 aliphatic carbocycles.